The van der Waals surface area contributed by atoms with Crippen LogP contribution < -0.4 is 20.7 Å². The first-order valence-electron chi connectivity index (χ1n) is 5.99. The molecule has 0 saturated heterocycles. The minimum atomic E-state index is -0.314. The monoisotopic (exact) mass is 293 g/mol. The van der Waals surface area contributed by atoms with E-state index >= 15 is 0 Å². The molecule has 3 N–H and O–H groups in total. The molecule has 1 unspecified atom stereocenters. The zero-order chi connectivity index (χ0) is 14.5. The molecule has 1 heterocycles. The average molecular weight is 294 g/mol. The van der Waals surface area contributed by atoms with E-state index < -0.39 is 0 Å². The molecule has 1 aromatic heterocycles. The van der Waals surface area contributed by atoms with Crippen molar-refractivity contribution in [2.24, 2.45) is 5.84 Å². The highest BCUT2D eigenvalue weighted by atomic mass is 35.5. The number of methoxy groups -OCH3 is 2. The normalized spacial score (nSPS) is 12.0. The molecule has 6 heteroatoms. The summed E-state index contributed by atoms with van der Waals surface area (Å²) in [4.78, 5) is 4.07. The van der Waals surface area contributed by atoms with Gasteiger partial charge in [0, 0.05) is 6.20 Å². The van der Waals surface area contributed by atoms with E-state index in [1.54, 1.807) is 26.5 Å². The van der Waals surface area contributed by atoms with Gasteiger partial charge in [0.25, 0.3) is 0 Å². The van der Waals surface area contributed by atoms with E-state index in [0.29, 0.717) is 16.7 Å². The van der Waals surface area contributed by atoms with Crippen molar-refractivity contribution in [3.63, 3.8) is 0 Å². The van der Waals surface area contributed by atoms with Gasteiger partial charge in [-0.15, -0.1) is 0 Å². The van der Waals surface area contributed by atoms with Crippen LogP contribution in [0.25, 0.3) is 0 Å². The van der Waals surface area contributed by atoms with Gasteiger partial charge < -0.3 is 9.47 Å². The third-order valence-corrected chi connectivity index (χ3v) is 3.23. The van der Waals surface area contributed by atoms with Gasteiger partial charge >= 0.3 is 0 Å². The summed E-state index contributed by atoms with van der Waals surface area (Å²) in [6, 6.07) is 8.81. The molecule has 2 aromatic rings. The van der Waals surface area contributed by atoms with Gasteiger partial charge in [0.15, 0.2) is 0 Å². The highest BCUT2D eigenvalue weighted by Gasteiger charge is 2.21. The Hall–Kier alpha value is -1.82. The van der Waals surface area contributed by atoms with Gasteiger partial charge in [-0.2, -0.15) is 0 Å². The second-order valence-electron chi connectivity index (χ2n) is 4.09. The van der Waals surface area contributed by atoms with Gasteiger partial charge in [0.1, 0.15) is 16.7 Å². The molecular weight excluding hydrogens is 278 g/mol. The van der Waals surface area contributed by atoms with Gasteiger partial charge in [-0.25, -0.2) is 10.4 Å². The number of hydrogen-bond acceptors (Lipinski definition) is 5. The first-order valence-corrected chi connectivity index (χ1v) is 6.37. The predicted octanol–water partition coefficient (Wildman–Crippen LogP) is 2.30. The molecule has 0 spiro atoms. The molecule has 1 aromatic carbocycles. The fourth-order valence-corrected chi connectivity index (χ4v) is 2.18. The van der Waals surface area contributed by atoms with Crippen molar-refractivity contribution < 1.29 is 9.47 Å². The van der Waals surface area contributed by atoms with Crippen molar-refractivity contribution in [3.05, 3.63) is 52.8 Å². The Kier molecular flexibility index (Phi) is 4.79. The second kappa shape index (κ2) is 6.56. The van der Waals surface area contributed by atoms with Crippen LogP contribution in [0.15, 0.2) is 36.5 Å². The van der Waals surface area contributed by atoms with Crippen LogP contribution in [0.2, 0.25) is 5.15 Å². The van der Waals surface area contributed by atoms with Crippen LogP contribution >= 0.6 is 11.6 Å². The van der Waals surface area contributed by atoms with Gasteiger partial charge in [-0.1, -0.05) is 23.7 Å². The number of nitrogens with one attached hydrogen (secondary N) is 1. The number of rotatable bonds is 5. The van der Waals surface area contributed by atoms with Crippen LogP contribution in [0, 0.1) is 0 Å². The maximum Gasteiger partial charge on any atom is 0.129 e. The smallest absolute Gasteiger partial charge is 0.129 e. The van der Waals surface area contributed by atoms with Gasteiger partial charge in [-0.05, 0) is 23.8 Å². The minimum Gasteiger partial charge on any atom is -0.496 e. The molecule has 0 bridgehead atoms. The van der Waals surface area contributed by atoms with Crippen LogP contribution in [0.4, 0.5) is 0 Å². The Balaban J connectivity index is 2.53. The lowest BCUT2D eigenvalue weighted by molar-refractivity contribution is 0.377. The number of ether oxygens (including phenoxy) is 2. The number of nitrogens with two attached hydrogens (primary N) is 1. The lowest BCUT2D eigenvalue weighted by Crippen LogP contribution is -2.29. The lowest BCUT2D eigenvalue weighted by Gasteiger charge is -2.21. The molecule has 1 atom stereocenters. The molecule has 0 amide bonds. The van der Waals surface area contributed by atoms with E-state index in [4.69, 9.17) is 26.9 Å². The highest BCUT2D eigenvalue weighted by Crippen LogP contribution is 2.36. The summed E-state index contributed by atoms with van der Waals surface area (Å²) in [5.41, 5.74) is 4.43. The molecule has 106 valence electrons. The van der Waals surface area contributed by atoms with Crippen molar-refractivity contribution in [1.29, 1.82) is 0 Å². The van der Waals surface area contributed by atoms with Crippen LogP contribution in [0.5, 0.6) is 11.5 Å². The summed E-state index contributed by atoms with van der Waals surface area (Å²) in [6.07, 6.45) is 1.67. The molecule has 2 rings (SSSR count). The maximum absolute atomic E-state index is 5.81. The van der Waals surface area contributed by atoms with E-state index in [-0.39, 0.29) is 6.04 Å². The average Bonchev–Trinajstić information content (AvgIpc) is 2.49. The Labute approximate surface area is 122 Å². The Morgan fingerprint density at radius 1 is 1.15 bits per heavy atom. The van der Waals surface area contributed by atoms with E-state index in [1.807, 2.05) is 24.3 Å². The molecule has 0 fully saturated rings. The SMILES string of the molecule is COc1cccc(OC)c1C(NN)c1ccc(Cl)nc1. The molecule has 0 aliphatic carbocycles. The molecule has 0 aliphatic heterocycles. The topological polar surface area (TPSA) is 69.4 Å². The number of hydrazine groups is 1. The van der Waals surface area contributed by atoms with E-state index in [1.165, 1.54) is 0 Å². The number of pyridine rings is 1. The van der Waals surface area contributed by atoms with Crippen molar-refractivity contribution >= 4 is 11.6 Å². The van der Waals surface area contributed by atoms with E-state index in [2.05, 4.69) is 10.4 Å². The molecule has 20 heavy (non-hydrogen) atoms. The summed E-state index contributed by atoms with van der Waals surface area (Å²) < 4.78 is 10.8. The second-order valence-corrected chi connectivity index (χ2v) is 4.48. The Morgan fingerprint density at radius 3 is 2.25 bits per heavy atom. The third kappa shape index (κ3) is 2.85. The fraction of sp³-hybridized carbons (Fsp3) is 0.214. The van der Waals surface area contributed by atoms with Crippen molar-refractivity contribution in [2.45, 2.75) is 6.04 Å². The third-order valence-electron chi connectivity index (χ3n) is 3.00. The van der Waals surface area contributed by atoms with Gasteiger partial charge in [-0.3, -0.25) is 5.84 Å². The van der Waals surface area contributed by atoms with E-state index in [9.17, 15) is 0 Å². The Morgan fingerprint density at radius 2 is 1.80 bits per heavy atom. The zero-order valence-electron chi connectivity index (χ0n) is 11.3. The number of benzene rings is 1. The standard InChI is InChI=1S/C14H16ClN3O2/c1-19-10-4-3-5-11(20-2)13(10)14(18-16)9-6-7-12(15)17-8-9/h3-8,14,18H,16H2,1-2H3. The first kappa shape index (κ1) is 14.6. The van der Waals surface area contributed by atoms with Crippen LogP contribution in [0.1, 0.15) is 17.2 Å². The summed E-state index contributed by atoms with van der Waals surface area (Å²) in [6.45, 7) is 0. The molecule has 0 aliphatic rings. The summed E-state index contributed by atoms with van der Waals surface area (Å²) >= 11 is 5.81. The quantitative estimate of drug-likeness (QED) is 0.503. The lowest BCUT2D eigenvalue weighted by atomic mass is 9.98. The molecular formula is C14H16ClN3O2. The highest BCUT2D eigenvalue weighted by molar-refractivity contribution is 6.29. The molecule has 5 nitrogen and oxygen atoms in total. The molecule has 0 saturated carbocycles. The number of hydrogen-bond donors (Lipinski definition) is 2. The first-order chi connectivity index (χ1) is 9.71. The summed E-state index contributed by atoms with van der Waals surface area (Å²) in [5, 5.41) is 0.427. The Bertz CT molecular complexity index is 553. The van der Waals surface area contributed by atoms with Gasteiger partial charge in [0.2, 0.25) is 0 Å². The largest absolute Gasteiger partial charge is 0.496 e. The minimum absolute atomic E-state index is 0.314. The summed E-state index contributed by atoms with van der Waals surface area (Å²) in [5.74, 6) is 7.07. The predicted molar refractivity (Wildman–Crippen MR) is 78.0 cm³/mol. The number of halogens is 1. The number of nitrogens with zero attached hydrogens (tertiary/aromatic N) is 1. The van der Waals surface area contributed by atoms with Crippen LogP contribution in [-0.2, 0) is 0 Å². The maximum atomic E-state index is 5.81. The van der Waals surface area contributed by atoms with Gasteiger partial charge in [0.05, 0.1) is 25.8 Å². The van der Waals surface area contributed by atoms with E-state index in [0.717, 1.165) is 11.1 Å². The van der Waals surface area contributed by atoms with Crippen LogP contribution in [0.3, 0.4) is 0 Å². The molecule has 0 radical (unpaired) electrons. The zero-order valence-corrected chi connectivity index (χ0v) is 12.0. The fourth-order valence-electron chi connectivity index (χ4n) is 2.07. The summed E-state index contributed by atoms with van der Waals surface area (Å²) in [7, 11) is 3.21. The van der Waals surface area contributed by atoms with Crippen LogP contribution in [-0.4, -0.2) is 19.2 Å². The van der Waals surface area contributed by atoms with Crippen molar-refractivity contribution in [2.75, 3.05) is 14.2 Å². The van der Waals surface area contributed by atoms with Crippen molar-refractivity contribution in [3.8, 4) is 11.5 Å². The van der Waals surface area contributed by atoms with Crippen molar-refractivity contribution in [1.82, 2.24) is 10.4 Å². The number of aromatic nitrogens is 1.